The van der Waals surface area contributed by atoms with Gasteiger partial charge in [0.2, 0.25) is 0 Å². The molecule has 0 fully saturated rings. The minimum atomic E-state index is 0.560. The zero-order chi connectivity index (χ0) is 7.28. The van der Waals surface area contributed by atoms with Crippen LogP contribution in [0.15, 0.2) is 11.3 Å². The van der Waals surface area contributed by atoms with Crippen LogP contribution in [0.2, 0.25) is 0 Å². The lowest BCUT2D eigenvalue weighted by Gasteiger charge is -2.04. The molecule has 0 heterocycles. The Bertz CT molecular complexity index is 103. The lowest BCUT2D eigenvalue weighted by atomic mass is 10.3. The van der Waals surface area contributed by atoms with Gasteiger partial charge in [0.1, 0.15) is 6.61 Å². The summed E-state index contributed by atoms with van der Waals surface area (Å²) in [6.07, 6.45) is 0. The number of halogens is 1. The van der Waals surface area contributed by atoms with E-state index in [0.717, 1.165) is 5.76 Å². The Hall–Kier alpha value is -0.170. The van der Waals surface area contributed by atoms with Crippen molar-refractivity contribution in [1.29, 1.82) is 0 Å². The number of hydrogen-bond acceptors (Lipinski definition) is 1. The Morgan fingerprint density at radius 3 is 2.22 bits per heavy atom. The Morgan fingerprint density at radius 1 is 1.33 bits per heavy atom. The van der Waals surface area contributed by atoms with Gasteiger partial charge in [-0.25, -0.2) is 0 Å². The summed E-state index contributed by atoms with van der Waals surface area (Å²) in [5.41, 5.74) is 1.21. The van der Waals surface area contributed by atoms with Gasteiger partial charge in [0.15, 0.2) is 0 Å². The summed E-state index contributed by atoms with van der Waals surface area (Å²) in [6.45, 7) is 6.59. The molecule has 0 saturated carbocycles. The van der Waals surface area contributed by atoms with Crippen LogP contribution < -0.4 is 0 Å². The average Bonchev–Trinajstić information content (AvgIpc) is 1.82. The summed E-state index contributed by atoms with van der Waals surface area (Å²) in [7, 11) is 0. The molecule has 0 spiro atoms. The molecular formula is C7H13ClO. The number of alkyl halides is 1. The molecule has 0 amide bonds. The topological polar surface area (TPSA) is 9.23 Å². The van der Waals surface area contributed by atoms with E-state index in [4.69, 9.17) is 16.3 Å². The minimum absolute atomic E-state index is 0.560. The maximum absolute atomic E-state index is 5.40. The van der Waals surface area contributed by atoms with Gasteiger partial charge in [-0.15, -0.1) is 11.6 Å². The van der Waals surface area contributed by atoms with E-state index in [1.54, 1.807) is 0 Å². The highest BCUT2D eigenvalue weighted by atomic mass is 35.5. The van der Waals surface area contributed by atoms with Crippen molar-refractivity contribution < 1.29 is 4.74 Å². The molecule has 0 aliphatic rings. The van der Waals surface area contributed by atoms with Crippen LogP contribution >= 0.6 is 11.6 Å². The van der Waals surface area contributed by atoms with E-state index in [0.29, 0.717) is 12.5 Å². The molecule has 1 nitrogen and oxygen atoms in total. The lowest BCUT2D eigenvalue weighted by Crippen LogP contribution is -1.93. The highest BCUT2D eigenvalue weighted by Crippen LogP contribution is 2.02. The molecule has 0 N–H and O–H groups in total. The number of ether oxygens (including phenoxy) is 1. The Morgan fingerprint density at radius 2 is 1.89 bits per heavy atom. The minimum Gasteiger partial charge on any atom is -0.497 e. The van der Waals surface area contributed by atoms with Gasteiger partial charge < -0.3 is 4.74 Å². The summed E-state index contributed by atoms with van der Waals surface area (Å²) in [4.78, 5) is 0. The van der Waals surface area contributed by atoms with Crippen LogP contribution in [0.4, 0.5) is 0 Å². The third-order valence-electron chi connectivity index (χ3n) is 1.10. The molecule has 0 aromatic rings. The molecule has 0 radical (unpaired) electrons. The van der Waals surface area contributed by atoms with Gasteiger partial charge in [-0.3, -0.25) is 0 Å². The van der Waals surface area contributed by atoms with Crippen LogP contribution in [-0.2, 0) is 4.74 Å². The van der Waals surface area contributed by atoms with Crippen LogP contribution in [0.3, 0.4) is 0 Å². The van der Waals surface area contributed by atoms with E-state index < -0.39 is 0 Å². The Balaban J connectivity index is 3.50. The molecule has 0 aliphatic heterocycles. The second-order valence-electron chi connectivity index (χ2n) is 2.09. The molecule has 0 saturated heterocycles. The molecule has 0 aromatic carbocycles. The first kappa shape index (κ1) is 8.83. The summed E-state index contributed by atoms with van der Waals surface area (Å²) < 4.78 is 5.20. The van der Waals surface area contributed by atoms with E-state index in [1.165, 1.54) is 5.57 Å². The maximum Gasteiger partial charge on any atom is 0.101 e. The highest BCUT2D eigenvalue weighted by molar-refractivity contribution is 6.17. The normalized spacial score (nSPS) is 8.89. The van der Waals surface area contributed by atoms with Gasteiger partial charge in [0.05, 0.1) is 11.6 Å². The van der Waals surface area contributed by atoms with Crippen molar-refractivity contribution in [2.24, 2.45) is 0 Å². The molecule has 0 aliphatic carbocycles. The fourth-order valence-electron chi connectivity index (χ4n) is 0.336. The number of rotatable bonds is 3. The van der Waals surface area contributed by atoms with E-state index in [9.17, 15) is 0 Å². The quantitative estimate of drug-likeness (QED) is 0.442. The Labute approximate surface area is 61.7 Å². The summed E-state index contributed by atoms with van der Waals surface area (Å²) in [5.74, 6) is 1.54. The Kier molecular flexibility index (Phi) is 4.60. The lowest BCUT2D eigenvalue weighted by molar-refractivity contribution is 0.230. The molecule has 0 rings (SSSR count). The van der Waals surface area contributed by atoms with E-state index >= 15 is 0 Å². The summed E-state index contributed by atoms with van der Waals surface area (Å²) >= 11 is 5.40. The fraction of sp³-hybridized carbons (Fsp3) is 0.714. The molecule has 9 heavy (non-hydrogen) atoms. The molecule has 2 heteroatoms. The molecule has 0 aromatic heterocycles. The van der Waals surface area contributed by atoms with Crippen LogP contribution in [0, 0.1) is 0 Å². The second kappa shape index (κ2) is 4.68. The van der Waals surface area contributed by atoms with Gasteiger partial charge in [0, 0.05) is 0 Å². The smallest absolute Gasteiger partial charge is 0.101 e. The van der Waals surface area contributed by atoms with Crippen LogP contribution in [0.25, 0.3) is 0 Å². The number of hydrogen-bond donors (Lipinski definition) is 0. The van der Waals surface area contributed by atoms with Gasteiger partial charge >= 0.3 is 0 Å². The zero-order valence-corrected chi connectivity index (χ0v) is 6.96. The van der Waals surface area contributed by atoms with Gasteiger partial charge in [-0.2, -0.15) is 0 Å². The monoisotopic (exact) mass is 148 g/mol. The molecular weight excluding hydrogens is 136 g/mol. The van der Waals surface area contributed by atoms with Crippen LogP contribution in [0.5, 0.6) is 0 Å². The van der Waals surface area contributed by atoms with E-state index in [-0.39, 0.29) is 0 Å². The van der Waals surface area contributed by atoms with Gasteiger partial charge in [0.25, 0.3) is 0 Å². The van der Waals surface area contributed by atoms with Crippen molar-refractivity contribution >= 4 is 11.6 Å². The standard InChI is InChI=1S/C7H13ClO/c1-6(2)7(3)9-5-4-8/h4-5H2,1-3H3. The first-order valence-corrected chi connectivity index (χ1v) is 3.54. The van der Waals surface area contributed by atoms with Crippen molar-refractivity contribution in [3.05, 3.63) is 11.3 Å². The van der Waals surface area contributed by atoms with Crippen LogP contribution in [0.1, 0.15) is 20.8 Å². The van der Waals surface area contributed by atoms with E-state index in [2.05, 4.69) is 0 Å². The first-order valence-electron chi connectivity index (χ1n) is 3.01. The third kappa shape index (κ3) is 4.34. The summed E-state index contributed by atoms with van der Waals surface area (Å²) in [5, 5.41) is 0. The van der Waals surface area contributed by atoms with Gasteiger partial charge in [-0.1, -0.05) is 0 Å². The largest absolute Gasteiger partial charge is 0.497 e. The molecule has 54 valence electrons. The third-order valence-corrected chi connectivity index (χ3v) is 1.25. The second-order valence-corrected chi connectivity index (χ2v) is 2.47. The zero-order valence-electron chi connectivity index (χ0n) is 6.20. The average molecular weight is 149 g/mol. The first-order chi connectivity index (χ1) is 4.18. The van der Waals surface area contributed by atoms with Crippen molar-refractivity contribution in [1.82, 2.24) is 0 Å². The SMILES string of the molecule is CC(C)=C(C)OCCCl. The van der Waals surface area contributed by atoms with Crippen molar-refractivity contribution in [2.45, 2.75) is 20.8 Å². The van der Waals surface area contributed by atoms with Crippen LogP contribution in [-0.4, -0.2) is 12.5 Å². The summed E-state index contributed by atoms with van der Waals surface area (Å²) in [6, 6.07) is 0. The van der Waals surface area contributed by atoms with E-state index in [1.807, 2.05) is 20.8 Å². The fourth-order valence-corrected chi connectivity index (χ4v) is 0.413. The van der Waals surface area contributed by atoms with Crippen molar-refractivity contribution in [3.63, 3.8) is 0 Å². The molecule has 0 bridgehead atoms. The van der Waals surface area contributed by atoms with Crippen molar-refractivity contribution in [3.8, 4) is 0 Å². The molecule has 0 atom stereocenters. The van der Waals surface area contributed by atoms with Gasteiger partial charge in [-0.05, 0) is 26.3 Å². The molecule has 0 unspecified atom stereocenters. The highest BCUT2D eigenvalue weighted by Gasteiger charge is 1.89. The number of allylic oxidation sites excluding steroid dienone is 2. The predicted molar refractivity (Wildman–Crippen MR) is 40.7 cm³/mol. The van der Waals surface area contributed by atoms with Crippen molar-refractivity contribution in [2.75, 3.05) is 12.5 Å². The maximum atomic E-state index is 5.40. The predicted octanol–water partition coefficient (Wildman–Crippen LogP) is 2.56.